The number of para-hydroxylation sites is 1. The molecule has 0 spiro atoms. The molecule has 9 heteroatoms. The summed E-state index contributed by atoms with van der Waals surface area (Å²) in [5.41, 5.74) is 1.80. The summed E-state index contributed by atoms with van der Waals surface area (Å²) in [7, 11) is 0. The molecular formula is C29H30N4O5. The van der Waals surface area contributed by atoms with Crippen molar-refractivity contribution < 1.29 is 23.8 Å². The second kappa shape index (κ2) is 12.0. The molecule has 0 unspecified atom stereocenters. The van der Waals surface area contributed by atoms with Crippen LogP contribution in [0.5, 0.6) is 17.2 Å². The number of nitrogens with one attached hydrogen (secondary N) is 3. The number of amides is 2. The van der Waals surface area contributed by atoms with Crippen molar-refractivity contribution in [1.82, 2.24) is 15.3 Å². The first-order chi connectivity index (χ1) is 18.2. The lowest BCUT2D eigenvalue weighted by molar-refractivity contribution is -0.115. The standard InChI is InChI=1S/C29H30N4O5/c1-29(2,3)38-28(35)31-18-27(34)32-21-11-15-24(16-12-21)37-23-13-9-20(10-14-23)25-17-30-26(33-25)19-36-22-7-5-4-6-8-22/h4-17H,18-19H2,1-3H3,(H,30,33)(H,31,35)(H,32,34). The summed E-state index contributed by atoms with van der Waals surface area (Å²) in [5, 5.41) is 5.14. The fourth-order valence-corrected chi connectivity index (χ4v) is 3.37. The quantitative estimate of drug-likeness (QED) is 0.256. The van der Waals surface area contributed by atoms with Crippen molar-refractivity contribution in [3.05, 3.63) is 90.9 Å². The van der Waals surface area contributed by atoms with Crippen molar-refractivity contribution in [2.45, 2.75) is 33.0 Å². The fourth-order valence-electron chi connectivity index (χ4n) is 3.37. The van der Waals surface area contributed by atoms with Gasteiger partial charge in [0.1, 0.15) is 41.8 Å². The van der Waals surface area contributed by atoms with E-state index < -0.39 is 11.7 Å². The van der Waals surface area contributed by atoms with E-state index in [1.54, 1.807) is 51.2 Å². The average molecular weight is 515 g/mol. The number of alkyl carbamates (subject to hydrolysis) is 1. The van der Waals surface area contributed by atoms with Crippen LogP contribution in [-0.4, -0.2) is 34.1 Å². The van der Waals surface area contributed by atoms with Gasteiger partial charge in [-0.05, 0) is 87.0 Å². The molecule has 4 rings (SSSR count). The summed E-state index contributed by atoms with van der Waals surface area (Å²) in [6, 6.07) is 24.2. The van der Waals surface area contributed by atoms with Crippen LogP contribution in [0.1, 0.15) is 26.6 Å². The fraction of sp³-hybridized carbons (Fsp3) is 0.207. The lowest BCUT2D eigenvalue weighted by atomic mass is 10.1. The highest BCUT2D eigenvalue weighted by Gasteiger charge is 2.16. The molecule has 196 valence electrons. The van der Waals surface area contributed by atoms with Gasteiger partial charge in [0.2, 0.25) is 5.91 Å². The predicted octanol–water partition coefficient (Wildman–Crippen LogP) is 5.91. The molecule has 1 aromatic heterocycles. The molecule has 0 aliphatic carbocycles. The number of anilines is 1. The van der Waals surface area contributed by atoms with Crippen LogP contribution in [0.25, 0.3) is 11.3 Å². The number of aromatic amines is 1. The van der Waals surface area contributed by atoms with Gasteiger partial charge in [0.25, 0.3) is 0 Å². The number of benzene rings is 3. The Balaban J connectivity index is 1.25. The molecule has 9 nitrogen and oxygen atoms in total. The number of carbonyl (C=O) groups is 2. The van der Waals surface area contributed by atoms with Crippen LogP contribution >= 0.6 is 0 Å². The smallest absolute Gasteiger partial charge is 0.408 e. The molecule has 4 aromatic rings. The van der Waals surface area contributed by atoms with Crippen molar-refractivity contribution in [3.8, 4) is 28.5 Å². The number of imidazole rings is 1. The highest BCUT2D eigenvalue weighted by Crippen LogP contribution is 2.26. The first-order valence-electron chi connectivity index (χ1n) is 12.1. The SMILES string of the molecule is CC(C)(C)OC(=O)NCC(=O)Nc1ccc(Oc2ccc(-c3cnc(COc4ccccc4)[nH]3)cc2)cc1. The third kappa shape index (κ3) is 8.12. The minimum atomic E-state index is -0.646. The van der Waals surface area contributed by atoms with Crippen molar-refractivity contribution in [2.24, 2.45) is 0 Å². The molecule has 0 atom stereocenters. The molecule has 3 aromatic carbocycles. The number of H-pyrrole nitrogens is 1. The molecular weight excluding hydrogens is 484 g/mol. The van der Waals surface area contributed by atoms with Crippen LogP contribution in [0, 0.1) is 0 Å². The van der Waals surface area contributed by atoms with E-state index in [2.05, 4.69) is 20.6 Å². The van der Waals surface area contributed by atoms with Crippen molar-refractivity contribution in [3.63, 3.8) is 0 Å². The van der Waals surface area contributed by atoms with Crippen molar-refractivity contribution in [2.75, 3.05) is 11.9 Å². The van der Waals surface area contributed by atoms with Crippen LogP contribution in [0.2, 0.25) is 0 Å². The zero-order valence-electron chi connectivity index (χ0n) is 21.5. The molecule has 0 radical (unpaired) electrons. The lowest BCUT2D eigenvalue weighted by Crippen LogP contribution is -2.37. The maximum Gasteiger partial charge on any atom is 0.408 e. The van der Waals surface area contributed by atoms with Gasteiger partial charge < -0.3 is 29.8 Å². The van der Waals surface area contributed by atoms with Crippen LogP contribution < -0.4 is 20.1 Å². The number of ether oxygens (including phenoxy) is 3. The zero-order valence-corrected chi connectivity index (χ0v) is 21.5. The first kappa shape index (κ1) is 26.3. The zero-order chi connectivity index (χ0) is 27.0. The Hall–Kier alpha value is -4.79. The second-order valence-electron chi connectivity index (χ2n) is 9.40. The molecule has 0 bridgehead atoms. The number of rotatable bonds is 9. The molecule has 1 heterocycles. The number of nitrogens with zero attached hydrogens (tertiary/aromatic N) is 1. The Morgan fingerprint density at radius 3 is 2.18 bits per heavy atom. The summed E-state index contributed by atoms with van der Waals surface area (Å²) in [6.07, 6.45) is 1.13. The van der Waals surface area contributed by atoms with Crippen LogP contribution in [0.3, 0.4) is 0 Å². The summed E-state index contributed by atoms with van der Waals surface area (Å²) in [6.45, 7) is 5.41. The van der Waals surface area contributed by atoms with Gasteiger partial charge >= 0.3 is 6.09 Å². The number of aromatic nitrogens is 2. The van der Waals surface area contributed by atoms with E-state index >= 15 is 0 Å². The summed E-state index contributed by atoms with van der Waals surface area (Å²) < 4.78 is 16.8. The van der Waals surface area contributed by atoms with E-state index in [1.807, 2.05) is 54.6 Å². The van der Waals surface area contributed by atoms with Gasteiger partial charge in [0.05, 0.1) is 11.9 Å². The third-order valence-corrected chi connectivity index (χ3v) is 5.08. The highest BCUT2D eigenvalue weighted by molar-refractivity contribution is 5.93. The average Bonchev–Trinajstić information content (AvgIpc) is 3.37. The van der Waals surface area contributed by atoms with Crippen molar-refractivity contribution >= 4 is 17.7 Å². The van der Waals surface area contributed by atoms with Crippen LogP contribution in [0.15, 0.2) is 85.1 Å². The third-order valence-electron chi connectivity index (χ3n) is 5.08. The van der Waals surface area contributed by atoms with Crippen molar-refractivity contribution in [1.29, 1.82) is 0 Å². The Kier molecular flexibility index (Phi) is 8.27. The minimum Gasteiger partial charge on any atom is -0.486 e. The Labute approximate surface area is 221 Å². The normalized spacial score (nSPS) is 10.9. The summed E-state index contributed by atoms with van der Waals surface area (Å²) in [5.74, 6) is 2.44. The summed E-state index contributed by atoms with van der Waals surface area (Å²) in [4.78, 5) is 31.4. The largest absolute Gasteiger partial charge is 0.486 e. The van der Waals surface area contributed by atoms with E-state index in [4.69, 9.17) is 14.2 Å². The van der Waals surface area contributed by atoms with Gasteiger partial charge in [-0.1, -0.05) is 18.2 Å². The molecule has 0 saturated heterocycles. The van der Waals surface area contributed by atoms with Crippen LogP contribution in [0.4, 0.5) is 10.5 Å². The van der Waals surface area contributed by atoms with E-state index in [0.29, 0.717) is 23.8 Å². The molecule has 0 aliphatic rings. The molecule has 0 saturated carbocycles. The topological polar surface area (TPSA) is 115 Å². The molecule has 38 heavy (non-hydrogen) atoms. The van der Waals surface area contributed by atoms with Gasteiger partial charge in [0, 0.05) is 5.69 Å². The number of carbonyl (C=O) groups excluding carboxylic acids is 2. The highest BCUT2D eigenvalue weighted by atomic mass is 16.6. The first-order valence-corrected chi connectivity index (χ1v) is 12.1. The van der Waals surface area contributed by atoms with Gasteiger partial charge in [-0.3, -0.25) is 4.79 Å². The lowest BCUT2D eigenvalue weighted by Gasteiger charge is -2.19. The summed E-state index contributed by atoms with van der Waals surface area (Å²) >= 11 is 0. The van der Waals surface area contributed by atoms with E-state index in [0.717, 1.165) is 22.8 Å². The Morgan fingerprint density at radius 1 is 0.868 bits per heavy atom. The maximum atomic E-state index is 12.1. The number of hydrogen-bond acceptors (Lipinski definition) is 6. The molecule has 3 N–H and O–H groups in total. The van der Waals surface area contributed by atoms with Gasteiger partial charge in [0.15, 0.2) is 0 Å². The maximum absolute atomic E-state index is 12.1. The van der Waals surface area contributed by atoms with E-state index in [-0.39, 0.29) is 12.5 Å². The second-order valence-corrected chi connectivity index (χ2v) is 9.40. The molecule has 0 fully saturated rings. The van der Waals surface area contributed by atoms with E-state index in [9.17, 15) is 9.59 Å². The Bertz CT molecular complexity index is 1340. The van der Waals surface area contributed by atoms with Gasteiger partial charge in [-0.2, -0.15) is 0 Å². The van der Waals surface area contributed by atoms with Gasteiger partial charge in [-0.25, -0.2) is 9.78 Å². The van der Waals surface area contributed by atoms with E-state index in [1.165, 1.54) is 0 Å². The molecule has 0 aliphatic heterocycles. The molecule has 2 amide bonds. The minimum absolute atomic E-state index is 0.197. The monoisotopic (exact) mass is 514 g/mol. The van der Waals surface area contributed by atoms with Crippen LogP contribution in [-0.2, 0) is 16.1 Å². The Morgan fingerprint density at radius 2 is 1.53 bits per heavy atom. The predicted molar refractivity (Wildman–Crippen MR) is 144 cm³/mol. The number of hydrogen-bond donors (Lipinski definition) is 3. The van der Waals surface area contributed by atoms with Gasteiger partial charge in [-0.15, -0.1) is 0 Å².